The van der Waals surface area contributed by atoms with Gasteiger partial charge in [-0.05, 0) is 70.6 Å². The van der Waals surface area contributed by atoms with E-state index in [4.69, 9.17) is 16.3 Å². The summed E-state index contributed by atoms with van der Waals surface area (Å²) in [6, 6.07) is 9.56. The van der Waals surface area contributed by atoms with Crippen LogP contribution in [0.4, 0.5) is 24.5 Å². The molecule has 1 aliphatic carbocycles. The summed E-state index contributed by atoms with van der Waals surface area (Å²) >= 11 is 9.29. The lowest BCUT2D eigenvalue weighted by Crippen LogP contribution is -2.14. The maximum Gasteiger partial charge on any atom is 0.417 e. The number of alkyl halides is 3. The van der Waals surface area contributed by atoms with Crippen LogP contribution < -0.4 is 10.1 Å². The number of aromatic nitrogens is 1. The van der Waals surface area contributed by atoms with Crippen LogP contribution in [0.25, 0.3) is 0 Å². The van der Waals surface area contributed by atoms with Crippen LogP contribution >= 0.6 is 27.5 Å². The molecule has 0 radical (unpaired) electrons. The fourth-order valence-electron chi connectivity index (χ4n) is 4.21. The molecule has 0 spiro atoms. The van der Waals surface area contributed by atoms with E-state index >= 15 is 0 Å². The van der Waals surface area contributed by atoms with Crippen LogP contribution in [0.1, 0.15) is 59.5 Å². The van der Waals surface area contributed by atoms with E-state index in [0.29, 0.717) is 22.1 Å². The maximum atomic E-state index is 13.0. The zero-order valence-electron chi connectivity index (χ0n) is 19.1. The summed E-state index contributed by atoms with van der Waals surface area (Å²) in [6.07, 6.45) is 0.914. The first kappa shape index (κ1) is 26.9. The first-order chi connectivity index (χ1) is 17.5. The molecule has 0 bridgehead atoms. The van der Waals surface area contributed by atoms with Crippen molar-refractivity contribution in [2.75, 3.05) is 5.32 Å². The number of halogens is 5. The number of anilines is 1. The number of hydrogen-bond donors (Lipinski definition) is 1. The highest BCUT2D eigenvalue weighted by atomic mass is 79.9. The van der Waals surface area contributed by atoms with E-state index < -0.39 is 22.6 Å². The summed E-state index contributed by atoms with van der Waals surface area (Å²) in [6.45, 7) is 0. The number of rotatable bonds is 6. The van der Waals surface area contributed by atoms with E-state index in [1.807, 2.05) is 0 Å². The fraction of sp³-hybridized carbons (Fsp3) is 0.280. The molecule has 0 aliphatic heterocycles. The van der Waals surface area contributed by atoms with Gasteiger partial charge in [-0.2, -0.15) is 13.2 Å². The summed E-state index contributed by atoms with van der Waals surface area (Å²) < 4.78 is 45.2. The first-order valence-corrected chi connectivity index (χ1v) is 12.5. The average Bonchev–Trinajstić information content (AvgIpc) is 2.86. The maximum absolute atomic E-state index is 13.0. The summed E-state index contributed by atoms with van der Waals surface area (Å²) in [4.78, 5) is 27.2. The van der Waals surface area contributed by atoms with E-state index in [9.17, 15) is 28.1 Å². The standard InChI is InChI=1S/C25H20BrClF3N3O4/c26-20-8-7-17(33(35)36)12-19(20)23(34)32-16-6-9-22(18(11-16)14-4-2-1-3-5-14)37-24-21(27)10-15(13-31-24)25(28,29)30/h6-14H,1-5H2,(H,32,34). The number of hydrogen-bond acceptors (Lipinski definition) is 5. The molecule has 2 aromatic carbocycles. The number of benzene rings is 2. The van der Waals surface area contributed by atoms with Crippen molar-refractivity contribution in [1.29, 1.82) is 0 Å². The largest absolute Gasteiger partial charge is 0.437 e. The molecule has 0 atom stereocenters. The Labute approximate surface area is 223 Å². The Hall–Kier alpha value is -3.18. The van der Waals surface area contributed by atoms with Gasteiger partial charge in [0.1, 0.15) is 10.8 Å². The van der Waals surface area contributed by atoms with Crippen LogP contribution in [0.15, 0.2) is 53.1 Å². The number of nitrogens with one attached hydrogen (secondary N) is 1. The molecule has 1 amide bonds. The summed E-state index contributed by atoms with van der Waals surface area (Å²) in [5, 5.41) is 13.6. The van der Waals surface area contributed by atoms with Crippen molar-refractivity contribution >= 4 is 44.8 Å². The molecule has 194 valence electrons. The zero-order chi connectivity index (χ0) is 26.7. The highest BCUT2D eigenvalue weighted by Gasteiger charge is 2.32. The van der Waals surface area contributed by atoms with Gasteiger partial charge in [-0.1, -0.05) is 30.9 Å². The molecule has 1 heterocycles. The van der Waals surface area contributed by atoms with Crippen LogP contribution in [0.5, 0.6) is 11.6 Å². The topological polar surface area (TPSA) is 94.4 Å². The van der Waals surface area contributed by atoms with Crippen molar-refractivity contribution in [2.45, 2.75) is 44.2 Å². The van der Waals surface area contributed by atoms with Gasteiger partial charge in [0.05, 0.1) is 16.1 Å². The number of ether oxygens (including phenoxy) is 1. The second-order valence-electron chi connectivity index (χ2n) is 8.57. The van der Waals surface area contributed by atoms with Gasteiger partial charge in [0.2, 0.25) is 5.88 Å². The number of pyridine rings is 1. The molecule has 37 heavy (non-hydrogen) atoms. The van der Waals surface area contributed by atoms with Gasteiger partial charge < -0.3 is 10.1 Å². The molecule has 1 aromatic heterocycles. The van der Waals surface area contributed by atoms with Crippen molar-refractivity contribution in [1.82, 2.24) is 4.98 Å². The van der Waals surface area contributed by atoms with Crippen LogP contribution in [0.2, 0.25) is 5.02 Å². The van der Waals surface area contributed by atoms with Crippen molar-refractivity contribution in [3.63, 3.8) is 0 Å². The van der Waals surface area contributed by atoms with Gasteiger partial charge in [0.15, 0.2) is 0 Å². The number of nitro benzene ring substituents is 1. The zero-order valence-corrected chi connectivity index (χ0v) is 21.5. The highest BCUT2D eigenvalue weighted by Crippen LogP contribution is 2.42. The number of carbonyl (C=O) groups is 1. The first-order valence-electron chi connectivity index (χ1n) is 11.3. The number of nitro groups is 1. The van der Waals surface area contributed by atoms with Gasteiger partial charge in [0, 0.05) is 28.5 Å². The molecule has 3 aromatic rings. The van der Waals surface area contributed by atoms with Gasteiger partial charge in [-0.3, -0.25) is 14.9 Å². The Morgan fingerprint density at radius 3 is 2.51 bits per heavy atom. The molecular weight excluding hydrogens is 579 g/mol. The number of non-ortho nitro benzene ring substituents is 1. The minimum absolute atomic E-state index is 0.0921. The lowest BCUT2D eigenvalue weighted by molar-refractivity contribution is -0.384. The quantitative estimate of drug-likeness (QED) is 0.227. The van der Waals surface area contributed by atoms with E-state index in [1.54, 1.807) is 18.2 Å². The lowest BCUT2D eigenvalue weighted by Gasteiger charge is -2.25. The van der Waals surface area contributed by atoms with Crippen molar-refractivity contribution < 1.29 is 27.6 Å². The van der Waals surface area contributed by atoms with Crippen LogP contribution in [-0.4, -0.2) is 15.8 Å². The second-order valence-corrected chi connectivity index (χ2v) is 9.84. The molecule has 0 saturated heterocycles. The minimum Gasteiger partial charge on any atom is -0.437 e. The minimum atomic E-state index is -4.59. The molecule has 1 N–H and O–H groups in total. The molecular formula is C25H20BrClF3N3O4. The van der Waals surface area contributed by atoms with E-state index in [2.05, 4.69) is 26.2 Å². The van der Waals surface area contributed by atoms with Crippen molar-refractivity contribution in [3.8, 4) is 11.6 Å². The van der Waals surface area contributed by atoms with E-state index in [0.717, 1.165) is 43.7 Å². The predicted octanol–water partition coefficient (Wildman–Crippen LogP) is 8.52. The van der Waals surface area contributed by atoms with Crippen molar-refractivity contribution in [2.24, 2.45) is 0 Å². The number of carbonyl (C=O) groups excluding carboxylic acids is 1. The van der Waals surface area contributed by atoms with Crippen LogP contribution in [0, 0.1) is 10.1 Å². The van der Waals surface area contributed by atoms with Gasteiger partial charge >= 0.3 is 6.18 Å². The van der Waals surface area contributed by atoms with Crippen LogP contribution in [0.3, 0.4) is 0 Å². The second kappa shape index (κ2) is 11.1. The Balaban J connectivity index is 1.64. The highest BCUT2D eigenvalue weighted by molar-refractivity contribution is 9.10. The van der Waals surface area contributed by atoms with Crippen LogP contribution in [-0.2, 0) is 6.18 Å². The molecule has 12 heteroatoms. The molecule has 4 rings (SSSR count). The molecule has 7 nitrogen and oxygen atoms in total. The summed E-state index contributed by atoms with van der Waals surface area (Å²) in [5.41, 5.74) is 0.0780. The monoisotopic (exact) mass is 597 g/mol. The van der Waals surface area contributed by atoms with Gasteiger partial charge in [-0.15, -0.1) is 0 Å². The summed E-state index contributed by atoms with van der Waals surface area (Å²) in [7, 11) is 0. The third-order valence-corrected chi connectivity index (χ3v) is 7.02. The lowest BCUT2D eigenvalue weighted by atomic mass is 9.83. The predicted molar refractivity (Wildman–Crippen MR) is 135 cm³/mol. The van der Waals surface area contributed by atoms with E-state index in [-0.39, 0.29) is 28.1 Å². The smallest absolute Gasteiger partial charge is 0.417 e. The number of nitrogens with zero attached hydrogens (tertiary/aromatic N) is 2. The third kappa shape index (κ3) is 6.40. The Morgan fingerprint density at radius 2 is 1.86 bits per heavy atom. The fourth-order valence-corrected chi connectivity index (χ4v) is 4.84. The molecule has 1 aliphatic rings. The Kier molecular flexibility index (Phi) is 8.03. The number of amides is 1. The normalized spacial score (nSPS) is 14.3. The average molecular weight is 599 g/mol. The van der Waals surface area contributed by atoms with Gasteiger partial charge in [-0.25, -0.2) is 4.98 Å². The molecule has 1 fully saturated rings. The Morgan fingerprint density at radius 1 is 1.14 bits per heavy atom. The summed E-state index contributed by atoms with van der Waals surface area (Å²) in [5.74, 6) is -0.246. The van der Waals surface area contributed by atoms with E-state index in [1.165, 1.54) is 18.2 Å². The Bertz CT molecular complexity index is 1350. The third-order valence-electron chi connectivity index (χ3n) is 6.06. The van der Waals surface area contributed by atoms with Gasteiger partial charge in [0.25, 0.3) is 11.6 Å². The molecule has 0 unspecified atom stereocenters. The SMILES string of the molecule is O=C(Nc1ccc(Oc2ncc(C(F)(F)F)cc2Cl)c(C2CCCCC2)c1)c1cc([N+](=O)[O-])ccc1Br. The van der Waals surface area contributed by atoms with Crippen molar-refractivity contribution in [3.05, 3.63) is 85.0 Å². The molecule has 1 saturated carbocycles.